The van der Waals surface area contributed by atoms with Gasteiger partial charge in [-0.15, -0.1) is 0 Å². The molecule has 0 saturated carbocycles. The van der Waals surface area contributed by atoms with E-state index in [1.165, 1.54) is 6.07 Å². The minimum absolute atomic E-state index is 0.0916. The lowest BCUT2D eigenvalue weighted by molar-refractivity contribution is 0.0695. The molecule has 108 valence electrons. The van der Waals surface area contributed by atoms with Gasteiger partial charge in [-0.1, -0.05) is 24.3 Å². The van der Waals surface area contributed by atoms with Crippen LogP contribution in [-0.2, 0) is 17.9 Å². The minimum Gasteiger partial charge on any atom is -0.478 e. The summed E-state index contributed by atoms with van der Waals surface area (Å²) in [6.07, 6.45) is 2.62. The summed E-state index contributed by atoms with van der Waals surface area (Å²) in [5.41, 5.74) is 1.45. The lowest BCUT2D eigenvalue weighted by Gasteiger charge is -2.08. The van der Waals surface area contributed by atoms with E-state index in [-0.39, 0.29) is 18.7 Å². The van der Waals surface area contributed by atoms with Crippen LogP contribution in [0.4, 0.5) is 4.79 Å². The van der Waals surface area contributed by atoms with Crippen molar-refractivity contribution in [1.82, 2.24) is 10.3 Å². The van der Waals surface area contributed by atoms with Gasteiger partial charge in [0.2, 0.25) is 0 Å². The Labute approximate surface area is 121 Å². The number of hydrogen-bond donors (Lipinski definition) is 2. The number of ether oxygens (including phenoxy) is 1. The van der Waals surface area contributed by atoms with Gasteiger partial charge in [-0.3, -0.25) is 4.98 Å². The zero-order chi connectivity index (χ0) is 15.1. The summed E-state index contributed by atoms with van der Waals surface area (Å²) in [6, 6.07) is 10.0. The number of benzene rings is 1. The molecular formula is C15H14N2O4. The zero-order valence-corrected chi connectivity index (χ0v) is 11.2. The van der Waals surface area contributed by atoms with Gasteiger partial charge in [0.05, 0.1) is 5.56 Å². The summed E-state index contributed by atoms with van der Waals surface area (Å²) >= 11 is 0. The van der Waals surface area contributed by atoms with Crippen LogP contribution in [0.15, 0.2) is 48.8 Å². The predicted octanol–water partition coefficient (Wildman–Crippen LogP) is 2.21. The molecule has 1 amide bonds. The van der Waals surface area contributed by atoms with Crippen molar-refractivity contribution in [3.05, 3.63) is 65.5 Å². The number of alkyl carbamates (subject to hydrolysis) is 1. The summed E-state index contributed by atoms with van der Waals surface area (Å²) in [5, 5.41) is 11.6. The van der Waals surface area contributed by atoms with Crippen LogP contribution in [0.5, 0.6) is 0 Å². The molecule has 0 bridgehead atoms. The van der Waals surface area contributed by atoms with Gasteiger partial charge in [0, 0.05) is 24.5 Å². The first-order valence-corrected chi connectivity index (χ1v) is 6.27. The van der Waals surface area contributed by atoms with E-state index in [4.69, 9.17) is 9.84 Å². The van der Waals surface area contributed by atoms with E-state index in [9.17, 15) is 9.59 Å². The average Bonchev–Trinajstić information content (AvgIpc) is 2.52. The maximum Gasteiger partial charge on any atom is 0.407 e. The van der Waals surface area contributed by atoms with E-state index in [0.717, 1.165) is 5.56 Å². The number of pyridine rings is 1. The van der Waals surface area contributed by atoms with Gasteiger partial charge in [0.15, 0.2) is 0 Å². The third-order valence-electron chi connectivity index (χ3n) is 2.76. The summed E-state index contributed by atoms with van der Waals surface area (Å²) in [4.78, 5) is 26.5. The molecule has 0 fully saturated rings. The second kappa shape index (κ2) is 7.04. The Morgan fingerprint density at radius 2 is 2.00 bits per heavy atom. The van der Waals surface area contributed by atoms with Crippen molar-refractivity contribution in [2.45, 2.75) is 13.2 Å². The summed E-state index contributed by atoms with van der Waals surface area (Å²) in [6.45, 7) is 0.203. The van der Waals surface area contributed by atoms with Gasteiger partial charge in [-0.05, 0) is 17.7 Å². The normalized spacial score (nSPS) is 9.90. The van der Waals surface area contributed by atoms with Gasteiger partial charge < -0.3 is 15.2 Å². The van der Waals surface area contributed by atoms with Gasteiger partial charge >= 0.3 is 12.1 Å². The maximum atomic E-state index is 11.6. The molecule has 2 aromatic rings. The van der Waals surface area contributed by atoms with Crippen LogP contribution in [0.3, 0.4) is 0 Å². The van der Waals surface area contributed by atoms with Crippen molar-refractivity contribution in [2.24, 2.45) is 0 Å². The third-order valence-corrected chi connectivity index (χ3v) is 2.76. The average molecular weight is 286 g/mol. The van der Waals surface area contributed by atoms with Crippen LogP contribution in [-0.4, -0.2) is 22.2 Å². The summed E-state index contributed by atoms with van der Waals surface area (Å²) < 4.78 is 5.01. The first-order chi connectivity index (χ1) is 10.2. The number of amides is 1. The topological polar surface area (TPSA) is 88.5 Å². The predicted molar refractivity (Wildman–Crippen MR) is 74.7 cm³/mol. The fraction of sp³-hybridized carbons (Fsp3) is 0.133. The van der Waals surface area contributed by atoms with Crippen LogP contribution < -0.4 is 5.32 Å². The van der Waals surface area contributed by atoms with Crippen LogP contribution in [0.1, 0.15) is 21.5 Å². The zero-order valence-electron chi connectivity index (χ0n) is 11.2. The number of rotatable bonds is 5. The largest absolute Gasteiger partial charge is 0.478 e. The Bertz CT molecular complexity index is 629. The molecule has 21 heavy (non-hydrogen) atoms. The highest BCUT2D eigenvalue weighted by atomic mass is 16.5. The number of carbonyl (C=O) groups excluding carboxylic acids is 1. The first kappa shape index (κ1) is 14.5. The Balaban J connectivity index is 1.86. The highest BCUT2D eigenvalue weighted by Gasteiger charge is 2.10. The standard InChI is InChI=1S/C15H14N2O4/c18-14(19)13-6-2-1-5-12(13)9-17-15(20)21-10-11-4-3-7-16-8-11/h1-8H,9-10H2,(H,17,20)(H,18,19). The molecule has 0 aliphatic rings. The Morgan fingerprint density at radius 1 is 1.19 bits per heavy atom. The third kappa shape index (κ3) is 4.31. The number of carboxylic acids is 1. The Hall–Kier alpha value is -2.89. The highest BCUT2D eigenvalue weighted by Crippen LogP contribution is 2.08. The van der Waals surface area contributed by atoms with Crippen LogP contribution in [0.25, 0.3) is 0 Å². The number of aromatic carboxylic acids is 1. The quantitative estimate of drug-likeness (QED) is 0.879. The molecule has 0 unspecified atom stereocenters. The fourth-order valence-electron chi connectivity index (χ4n) is 1.73. The molecule has 0 radical (unpaired) electrons. The molecule has 1 aromatic carbocycles. The van der Waals surface area contributed by atoms with Crippen LogP contribution >= 0.6 is 0 Å². The second-order valence-corrected chi connectivity index (χ2v) is 4.25. The van der Waals surface area contributed by atoms with Crippen molar-refractivity contribution in [3.8, 4) is 0 Å². The number of carboxylic acid groups (broad SMARTS) is 1. The summed E-state index contributed by atoms with van der Waals surface area (Å²) in [5.74, 6) is -1.03. The summed E-state index contributed by atoms with van der Waals surface area (Å²) in [7, 11) is 0. The number of nitrogens with one attached hydrogen (secondary N) is 1. The first-order valence-electron chi connectivity index (χ1n) is 6.27. The molecule has 2 rings (SSSR count). The molecule has 1 aromatic heterocycles. The number of carbonyl (C=O) groups is 2. The molecule has 0 saturated heterocycles. The monoisotopic (exact) mass is 286 g/mol. The molecule has 0 aliphatic carbocycles. The van der Waals surface area contributed by atoms with Crippen molar-refractivity contribution in [1.29, 1.82) is 0 Å². The van der Waals surface area contributed by atoms with E-state index in [2.05, 4.69) is 10.3 Å². The van der Waals surface area contributed by atoms with Crippen molar-refractivity contribution in [3.63, 3.8) is 0 Å². The highest BCUT2D eigenvalue weighted by molar-refractivity contribution is 5.89. The Morgan fingerprint density at radius 3 is 2.71 bits per heavy atom. The number of nitrogens with zero attached hydrogens (tertiary/aromatic N) is 1. The van der Waals surface area contributed by atoms with Crippen molar-refractivity contribution < 1.29 is 19.4 Å². The molecule has 0 aliphatic heterocycles. The van der Waals surface area contributed by atoms with Gasteiger partial charge in [-0.25, -0.2) is 9.59 Å². The van der Waals surface area contributed by atoms with Gasteiger partial charge in [0.1, 0.15) is 6.61 Å². The van der Waals surface area contributed by atoms with Gasteiger partial charge in [0.25, 0.3) is 0 Å². The van der Waals surface area contributed by atoms with E-state index < -0.39 is 12.1 Å². The Kier molecular flexibility index (Phi) is 4.87. The van der Waals surface area contributed by atoms with Crippen LogP contribution in [0.2, 0.25) is 0 Å². The molecular weight excluding hydrogens is 272 g/mol. The molecule has 6 heteroatoms. The van der Waals surface area contributed by atoms with Crippen molar-refractivity contribution in [2.75, 3.05) is 0 Å². The second-order valence-electron chi connectivity index (χ2n) is 4.25. The molecule has 0 spiro atoms. The maximum absolute atomic E-state index is 11.6. The molecule has 0 atom stereocenters. The fourth-order valence-corrected chi connectivity index (χ4v) is 1.73. The smallest absolute Gasteiger partial charge is 0.407 e. The molecule has 1 heterocycles. The number of aromatic nitrogens is 1. The SMILES string of the molecule is O=C(NCc1ccccc1C(=O)O)OCc1cccnc1. The lowest BCUT2D eigenvalue weighted by Crippen LogP contribution is -2.24. The van der Waals surface area contributed by atoms with E-state index >= 15 is 0 Å². The van der Waals surface area contributed by atoms with Crippen molar-refractivity contribution >= 4 is 12.1 Å². The van der Waals surface area contributed by atoms with E-state index in [1.807, 2.05) is 0 Å². The lowest BCUT2D eigenvalue weighted by atomic mass is 10.1. The molecule has 2 N–H and O–H groups in total. The van der Waals surface area contributed by atoms with E-state index in [1.54, 1.807) is 42.7 Å². The van der Waals surface area contributed by atoms with Gasteiger partial charge in [-0.2, -0.15) is 0 Å². The number of hydrogen-bond acceptors (Lipinski definition) is 4. The molecule has 6 nitrogen and oxygen atoms in total. The van der Waals surface area contributed by atoms with Crippen LogP contribution in [0, 0.1) is 0 Å². The van der Waals surface area contributed by atoms with E-state index in [0.29, 0.717) is 5.56 Å². The minimum atomic E-state index is -1.03.